The normalized spacial score (nSPS) is 11.1. The van der Waals surface area contributed by atoms with Gasteiger partial charge in [-0.1, -0.05) is 72.3 Å². The lowest BCUT2D eigenvalue weighted by Crippen LogP contribution is -2.37. The summed E-state index contributed by atoms with van der Waals surface area (Å²) >= 11 is 12.1. The molecule has 0 saturated carbocycles. The molecule has 0 bridgehead atoms. The van der Waals surface area contributed by atoms with Gasteiger partial charge in [0.25, 0.3) is 0 Å². The van der Waals surface area contributed by atoms with Crippen LogP contribution in [0.25, 0.3) is 0 Å². The first-order valence-corrected chi connectivity index (χ1v) is 6.95. The van der Waals surface area contributed by atoms with Crippen molar-refractivity contribution in [3.05, 3.63) is 71.8 Å². The predicted molar refractivity (Wildman–Crippen MR) is 80.3 cm³/mol. The van der Waals surface area contributed by atoms with Gasteiger partial charge in [-0.3, -0.25) is 9.59 Å². The quantitative estimate of drug-likeness (QED) is 0.625. The Morgan fingerprint density at radius 2 is 1.25 bits per heavy atom. The zero-order valence-electron chi connectivity index (χ0n) is 10.6. The molecule has 0 fully saturated rings. The van der Waals surface area contributed by atoms with Gasteiger partial charge in [-0.2, -0.15) is 0 Å². The molecule has 0 aliphatic heterocycles. The number of hydrogen-bond acceptors (Lipinski definition) is 2. The summed E-state index contributed by atoms with van der Waals surface area (Å²) in [6.45, 7) is 0. The molecule has 0 heterocycles. The third-order valence-electron chi connectivity index (χ3n) is 3.03. The monoisotopic (exact) mass is 306 g/mol. The molecule has 2 aromatic carbocycles. The summed E-state index contributed by atoms with van der Waals surface area (Å²) in [5.74, 6) is -1.80. The highest BCUT2D eigenvalue weighted by Gasteiger charge is 2.42. The molecule has 0 aliphatic carbocycles. The van der Waals surface area contributed by atoms with E-state index in [2.05, 4.69) is 0 Å². The van der Waals surface area contributed by atoms with Gasteiger partial charge in [0.05, 0.1) is 5.88 Å². The van der Waals surface area contributed by atoms with Crippen molar-refractivity contribution in [3.8, 4) is 0 Å². The molecular formula is C16H12Cl2O2. The van der Waals surface area contributed by atoms with Crippen LogP contribution < -0.4 is 0 Å². The van der Waals surface area contributed by atoms with Crippen LogP contribution in [0.3, 0.4) is 0 Å². The number of hydrogen-bond donors (Lipinski definition) is 0. The minimum Gasteiger partial charge on any atom is -0.289 e. The van der Waals surface area contributed by atoms with Gasteiger partial charge in [0.15, 0.2) is 4.87 Å². The first kappa shape index (κ1) is 14.8. The third kappa shape index (κ3) is 2.62. The molecule has 102 valence electrons. The molecule has 4 heteroatoms. The molecule has 0 atom stereocenters. The van der Waals surface area contributed by atoms with Crippen LogP contribution in [0.1, 0.15) is 11.1 Å². The number of rotatable bonds is 5. The standard InChI is InChI=1S/C16H12Cl2O2/c17-11-14(19)15(20)16(18,12-7-3-1-4-8-12)13-9-5-2-6-10-13/h1-10H,11H2. The van der Waals surface area contributed by atoms with E-state index in [0.717, 1.165) is 0 Å². The van der Waals surface area contributed by atoms with Crippen molar-refractivity contribution in [1.82, 2.24) is 0 Å². The third-order valence-corrected chi connectivity index (χ3v) is 3.88. The Hall–Kier alpha value is -1.64. The fourth-order valence-electron chi connectivity index (χ4n) is 2.02. The SMILES string of the molecule is O=C(CCl)C(=O)C(Cl)(c1ccccc1)c1ccccc1. The lowest BCUT2D eigenvalue weighted by Gasteiger charge is -2.25. The number of halogens is 2. The van der Waals surface area contributed by atoms with E-state index in [9.17, 15) is 9.59 Å². The molecule has 0 unspecified atom stereocenters. The highest BCUT2D eigenvalue weighted by molar-refractivity contribution is 6.57. The Balaban J connectivity index is 2.61. The number of carbonyl (C=O) groups excluding carboxylic acids is 2. The summed E-state index contributed by atoms with van der Waals surface area (Å²) in [4.78, 5) is 22.6. The maximum Gasteiger partial charge on any atom is 0.229 e. The van der Waals surface area contributed by atoms with Crippen LogP contribution in [0.4, 0.5) is 0 Å². The highest BCUT2D eigenvalue weighted by Crippen LogP contribution is 2.37. The summed E-state index contributed by atoms with van der Waals surface area (Å²) in [5, 5.41) is 0. The summed E-state index contributed by atoms with van der Waals surface area (Å²) in [5.41, 5.74) is 1.10. The minimum atomic E-state index is -1.53. The second-order valence-corrected chi connectivity index (χ2v) is 5.11. The van der Waals surface area contributed by atoms with Crippen molar-refractivity contribution >= 4 is 34.8 Å². The van der Waals surface area contributed by atoms with Crippen molar-refractivity contribution in [1.29, 1.82) is 0 Å². The van der Waals surface area contributed by atoms with E-state index in [4.69, 9.17) is 23.2 Å². The number of alkyl halides is 2. The number of carbonyl (C=O) groups is 2. The van der Waals surface area contributed by atoms with Gasteiger partial charge in [0, 0.05) is 0 Å². The lowest BCUT2D eigenvalue weighted by atomic mass is 9.85. The smallest absolute Gasteiger partial charge is 0.229 e. The Labute approximate surface area is 127 Å². The van der Waals surface area contributed by atoms with Crippen LogP contribution in [0.2, 0.25) is 0 Å². The molecule has 20 heavy (non-hydrogen) atoms. The summed E-state index contributed by atoms with van der Waals surface area (Å²) < 4.78 is 0. The first-order chi connectivity index (χ1) is 9.60. The maximum atomic E-state index is 12.4. The Bertz CT molecular complexity index is 569. The van der Waals surface area contributed by atoms with E-state index in [1.807, 2.05) is 12.1 Å². The van der Waals surface area contributed by atoms with Gasteiger partial charge in [0.1, 0.15) is 0 Å². The fourth-order valence-corrected chi connectivity index (χ4v) is 2.50. The first-order valence-electron chi connectivity index (χ1n) is 6.04. The van der Waals surface area contributed by atoms with Crippen molar-refractivity contribution in [2.24, 2.45) is 0 Å². The van der Waals surface area contributed by atoms with E-state index < -0.39 is 16.4 Å². The second kappa shape index (κ2) is 6.21. The van der Waals surface area contributed by atoms with Crippen molar-refractivity contribution < 1.29 is 9.59 Å². The van der Waals surface area contributed by atoms with E-state index in [1.165, 1.54) is 0 Å². The average molecular weight is 307 g/mol. The molecule has 0 saturated heterocycles. The Morgan fingerprint density at radius 1 is 0.850 bits per heavy atom. The zero-order valence-corrected chi connectivity index (χ0v) is 12.1. The van der Waals surface area contributed by atoms with Gasteiger partial charge in [-0.25, -0.2) is 0 Å². The molecular weight excluding hydrogens is 295 g/mol. The molecule has 2 aromatic rings. The van der Waals surface area contributed by atoms with Crippen molar-refractivity contribution in [2.45, 2.75) is 4.87 Å². The molecule has 0 radical (unpaired) electrons. The molecule has 0 aromatic heterocycles. The Kier molecular flexibility index (Phi) is 4.58. The van der Waals surface area contributed by atoms with Crippen molar-refractivity contribution in [2.75, 3.05) is 5.88 Å². The lowest BCUT2D eigenvalue weighted by molar-refractivity contribution is -0.136. The molecule has 0 N–H and O–H groups in total. The van der Waals surface area contributed by atoms with Gasteiger partial charge >= 0.3 is 0 Å². The van der Waals surface area contributed by atoms with Crippen LogP contribution in [-0.2, 0) is 14.5 Å². The van der Waals surface area contributed by atoms with E-state index in [0.29, 0.717) is 11.1 Å². The van der Waals surface area contributed by atoms with E-state index in [1.54, 1.807) is 48.5 Å². The molecule has 2 rings (SSSR count). The molecule has 0 spiro atoms. The fraction of sp³-hybridized carbons (Fsp3) is 0.125. The summed E-state index contributed by atoms with van der Waals surface area (Å²) in [7, 11) is 0. The molecule has 0 amide bonds. The minimum absolute atomic E-state index is 0.382. The van der Waals surface area contributed by atoms with Crippen LogP contribution in [0.15, 0.2) is 60.7 Å². The second-order valence-electron chi connectivity index (χ2n) is 4.28. The largest absolute Gasteiger partial charge is 0.289 e. The van der Waals surface area contributed by atoms with Crippen LogP contribution >= 0.6 is 23.2 Å². The zero-order chi connectivity index (χ0) is 14.6. The van der Waals surface area contributed by atoms with E-state index >= 15 is 0 Å². The van der Waals surface area contributed by atoms with Crippen LogP contribution in [0.5, 0.6) is 0 Å². The number of benzene rings is 2. The van der Waals surface area contributed by atoms with Gasteiger partial charge in [-0.15, -0.1) is 11.6 Å². The maximum absolute atomic E-state index is 12.4. The van der Waals surface area contributed by atoms with Crippen LogP contribution in [-0.4, -0.2) is 17.4 Å². The summed E-state index contributed by atoms with van der Waals surface area (Å²) in [6, 6.07) is 17.6. The average Bonchev–Trinajstić information content (AvgIpc) is 2.54. The number of Topliss-reactive ketones (excluding diaryl/α,β-unsaturated/α-hetero) is 2. The van der Waals surface area contributed by atoms with E-state index in [-0.39, 0.29) is 5.88 Å². The summed E-state index contributed by atoms with van der Waals surface area (Å²) in [6.07, 6.45) is 0. The predicted octanol–water partition coefficient (Wildman–Crippen LogP) is 3.55. The topological polar surface area (TPSA) is 34.1 Å². The van der Waals surface area contributed by atoms with Crippen LogP contribution in [0, 0.1) is 0 Å². The van der Waals surface area contributed by atoms with Gasteiger partial charge in [-0.05, 0) is 11.1 Å². The van der Waals surface area contributed by atoms with Gasteiger partial charge < -0.3 is 0 Å². The molecule has 2 nitrogen and oxygen atoms in total. The number of ketones is 2. The highest BCUT2D eigenvalue weighted by atomic mass is 35.5. The van der Waals surface area contributed by atoms with Crippen molar-refractivity contribution in [3.63, 3.8) is 0 Å². The van der Waals surface area contributed by atoms with Gasteiger partial charge in [0.2, 0.25) is 11.6 Å². The Morgan fingerprint density at radius 3 is 1.60 bits per heavy atom. The molecule has 0 aliphatic rings.